The van der Waals surface area contributed by atoms with Crippen LogP contribution in [0.3, 0.4) is 0 Å². The van der Waals surface area contributed by atoms with Gasteiger partial charge in [-0.1, -0.05) is 0 Å². The molecule has 0 aromatic rings. The van der Waals surface area contributed by atoms with Crippen LogP contribution in [0.15, 0.2) is 28.2 Å². The van der Waals surface area contributed by atoms with Gasteiger partial charge < -0.3 is 24.8 Å². The molecule has 0 unspecified atom stereocenters. The van der Waals surface area contributed by atoms with Crippen molar-refractivity contribution >= 4 is 31.2 Å². The molecule has 0 spiro atoms. The number of halogens is 2. The minimum atomic E-state index is 0. The summed E-state index contributed by atoms with van der Waals surface area (Å²) in [5.74, 6) is 0. The molecule has 1 aliphatic heterocycles. The molecule has 0 atom stereocenters. The topological polar surface area (TPSA) is 0 Å². The summed E-state index contributed by atoms with van der Waals surface area (Å²) in [5.41, 5.74) is 1.63. The van der Waals surface area contributed by atoms with E-state index in [1.54, 1.807) is 14.2 Å². The number of rotatable bonds is 0. The van der Waals surface area contributed by atoms with Gasteiger partial charge in [-0.05, 0) is 0 Å². The van der Waals surface area contributed by atoms with Gasteiger partial charge in [-0.25, -0.2) is 12.2 Å². The van der Waals surface area contributed by atoms with Crippen LogP contribution in [-0.2, 0) is 26.2 Å². The maximum atomic E-state index is 2.99. The first kappa shape index (κ1) is 22.8. The zero-order valence-corrected chi connectivity index (χ0v) is 17.3. The van der Waals surface area contributed by atoms with E-state index in [1.807, 2.05) is 12.2 Å². The fourth-order valence-corrected chi connectivity index (χ4v) is 9.82. The van der Waals surface area contributed by atoms with Crippen LogP contribution < -0.4 is 24.8 Å². The third-order valence-electron chi connectivity index (χ3n) is 2.02. The molecular formula is C11H14As2Cl2Zr. The Labute approximate surface area is 142 Å². The number of hydrogen-bond acceptors (Lipinski definition) is 0. The fourth-order valence-electron chi connectivity index (χ4n) is 0.902. The molecule has 2 rings (SSSR count). The van der Waals surface area contributed by atoms with E-state index in [1.165, 1.54) is 0 Å². The van der Waals surface area contributed by atoms with Crippen LogP contribution in [0.5, 0.6) is 0 Å². The van der Waals surface area contributed by atoms with Crippen LogP contribution in [0.1, 0.15) is 27.2 Å². The first-order valence-corrected chi connectivity index (χ1v) is 11.4. The molecule has 16 heavy (non-hydrogen) atoms. The van der Waals surface area contributed by atoms with Gasteiger partial charge in [-0.3, -0.25) is 6.08 Å². The maximum absolute atomic E-state index is 2.99. The fraction of sp³-hybridized carbons (Fsp3) is 0.364. The normalized spacial score (nSPS) is 17.8. The second kappa shape index (κ2) is 13.1. The molecule has 0 saturated heterocycles. The Morgan fingerprint density at radius 1 is 1.19 bits per heavy atom. The molecular weight excluding hydrogens is 444 g/mol. The number of allylic oxidation sites excluding steroid dienone is 6. The average molecular weight is 458 g/mol. The van der Waals surface area contributed by atoms with E-state index in [-0.39, 0.29) is 51.0 Å². The van der Waals surface area contributed by atoms with Crippen LogP contribution in [0.4, 0.5) is 0 Å². The molecule has 0 saturated carbocycles. The van der Waals surface area contributed by atoms with Gasteiger partial charge in [0, 0.05) is 0 Å². The smallest absolute Gasteiger partial charge is 1.00 e. The quantitative estimate of drug-likeness (QED) is 0.258. The van der Waals surface area contributed by atoms with Crippen LogP contribution in [-0.4, -0.2) is 31.2 Å². The predicted octanol–water partition coefficient (Wildman–Crippen LogP) is -3.88. The Morgan fingerprint density at radius 2 is 1.81 bits per heavy atom. The largest absolute Gasteiger partial charge is 3.00 e. The Hall–Kier alpha value is 1.67. The van der Waals surface area contributed by atoms with E-state index in [0.717, 1.165) is 6.42 Å². The van der Waals surface area contributed by atoms with Gasteiger partial charge in [-0.15, -0.1) is 6.42 Å². The molecule has 0 amide bonds. The summed E-state index contributed by atoms with van der Waals surface area (Å²) in [7, 11) is 0. The molecule has 0 aromatic heterocycles. The molecule has 1 heterocycles. The van der Waals surface area contributed by atoms with Crippen molar-refractivity contribution in [2.75, 3.05) is 0 Å². The Balaban J connectivity index is -0.000000189. The summed E-state index contributed by atoms with van der Waals surface area (Å²) in [5, 5.41) is 0. The molecule has 2 radical (unpaired) electrons. The first-order chi connectivity index (χ1) is 6.22. The standard InChI is InChI=1S/C6H9As2.C5H5.2ClH.Zr/c1-4-5(2)7-8-6(4)3;1-2-4-5-3-1;;;/h1-3H3;1-3H,4H2;2*1H;/q;-1;;;+3/p-2. The first-order valence-electron chi connectivity index (χ1n) is 4.36. The monoisotopic (exact) mass is 456 g/mol. The minimum Gasteiger partial charge on any atom is -1.00 e. The van der Waals surface area contributed by atoms with Gasteiger partial charge in [0.25, 0.3) is 0 Å². The Kier molecular flexibility index (Phi) is 18.7. The van der Waals surface area contributed by atoms with Gasteiger partial charge in [0.1, 0.15) is 0 Å². The van der Waals surface area contributed by atoms with Crippen molar-refractivity contribution in [3.63, 3.8) is 0 Å². The SMILES string of the molecule is CC1=[As][As]C(C)=C1C.[C-]1=CC=CC1.[Cl-].[Cl-].[Zr+3]. The van der Waals surface area contributed by atoms with E-state index < -0.39 is 0 Å². The molecule has 0 fully saturated rings. The van der Waals surface area contributed by atoms with Gasteiger partial charge >= 0.3 is 88.1 Å². The molecule has 0 N–H and O–H groups in total. The molecule has 0 nitrogen and oxygen atoms in total. The van der Waals surface area contributed by atoms with Gasteiger partial charge in [0.2, 0.25) is 0 Å². The van der Waals surface area contributed by atoms with E-state index in [4.69, 9.17) is 0 Å². The predicted molar refractivity (Wildman–Crippen MR) is 62.1 cm³/mol. The summed E-state index contributed by atoms with van der Waals surface area (Å²) in [4.78, 5) is 0. The zero-order valence-electron chi connectivity index (χ0n) is 9.59. The van der Waals surface area contributed by atoms with Crippen molar-refractivity contribution in [3.05, 3.63) is 34.2 Å². The van der Waals surface area contributed by atoms with Gasteiger partial charge in [-0.2, -0.15) is 6.08 Å². The van der Waals surface area contributed by atoms with Gasteiger partial charge in [0.05, 0.1) is 0 Å². The summed E-state index contributed by atoms with van der Waals surface area (Å²) < 4.78 is 3.44. The van der Waals surface area contributed by atoms with Crippen molar-refractivity contribution in [1.29, 1.82) is 0 Å². The van der Waals surface area contributed by atoms with Crippen molar-refractivity contribution < 1.29 is 51.0 Å². The molecule has 1 aliphatic carbocycles. The summed E-state index contributed by atoms with van der Waals surface area (Å²) >= 11 is 1.33. The second-order valence-electron chi connectivity index (χ2n) is 3.00. The summed E-state index contributed by atoms with van der Waals surface area (Å²) in [6, 6.07) is 0. The van der Waals surface area contributed by atoms with E-state index in [0.29, 0.717) is 26.9 Å². The van der Waals surface area contributed by atoms with Crippen molar-refractivity contribution in [2.45, 2.75) is 27.2 Å². The molecule has 2 aliphatic rings. The van der Waals surface area contributed by atoms with Crippen molar-refractivity contribution in [1.82, 2.24) is 0 Å². The van der Waals surface area contributed by atoms with Gasteiger partial charge in [0.15, 0.2) is 0 Å². The minimum absolute atomic E-state index is 0. The van der Waals surface area contributed by atoms with E-state index in [9.17, 15) is 0 Å². The Morgan fingerprint density at radius 3 is 1.94 bits per heavy atom. The third-order valence-corrected chi connectivity index (χ3v) is 12.5. The van der Waals surface area contributed by atoms with Crippen LogP contribution in [0, 0.1) is 6.08 Å². The molecule has 0 aromatic carbocycles. The van der Waals surface area contributed by atoms with E-state index >= 15 is 0 Å². The molecule has 5 heteroatoms. The molecule has 0 bridgehead atoms. The maximum Gasteiger partial charge on any atom is 3.00 e. The van der Waals surface area contributed by atoms with Crippen molar-refractivity contribution in [3.8, 4) is 0 Å². The number of hydrogen-bond donors (Lipinski definition) is 0. The summed E-state index contributed by atoms with van der Waals surface area (Å²) in [6.07, 6.45) is 10.0. The Bertz CT molecular complexity index is 292. The van der Waals surface area contributed by atoms with Crippen LogP contribution in [0.25, 0.3) is 0 Å². The van der Waals surface area contributed by atoms with Crippen LogP contribution >= 0.6 is 0 Å². The third kappa shape index (κ3) is 8.72. The van der Waals surface area contributed by atoms with Crippen molar-refractivity contribution in [2.24, 2.45) is 0 Å². The summed E-state index contributed by atoms with van der Waals surface area (Å²) in [6.45, 7) is 6.85. The average Bonchev–Trinajstić information content (AvgIpc) is 2.75. The zero-order chi connectivity index (χ0) is 9.68. The second-order valence-corrected chi connectivity index (χ2v) is 11.0. The molecule has 86 valence electrons. The van der Waals surface area contributed by atoms with E-state index in [2.05, 4.69) is 32.9 Å². The van der Waals surface area contributed by atoms with Crippen LogP contribution in [0.2, 0.25) is 0 Å².